The highest BCUT2D eigenvalue weighted by molar-refractivity contribution is 5.80. The van der Waals surface area contributed by atoms with E-state index in [1.54, 1.807) is 19.6 Å². The minimum absolute atomic E-state index is 0.00340. The average Bonchev–Trinajstić information content (AvgIpc) is 3.23. The number of nitrogens with one attached hydrogen (secondary N) is 1. The molecule has 0 saturated carbocycles. The molecule has 3 rings (SSSR count). The van der Waals surface area contributed by atoms with Crippen molar-refractivity contribution < 1.29 is 9.53 Å². The molecule has 0 aliphatic carbocycles. The minimum atomic E-state index is -0.109. The summed E-state index contributed by atoms with van der Waals surface area (Å²) >= 11 is 0. The van der Waals surface area contributed by atoms with E-state index in [-0.39, 0.29) is 11.9 Å². The molecule has 7 nitrogen and oxygen atoms in total. The van der Waals surface area contributed by atoms with Gasteiger partial charge in [0, 0.05) is 39.1 Å². The van der Waals surface area contributed by atoms with Gasteiger partial charge >= 0.3 is 5.97 Å². The maximum absolute atomic E-state index is 11.7. The first-order valence-corrected chi connectivity index (χ1v) is 8.82. The first kappa shape index (κ1) is 18.0. The smallest absolute Gasteiger partial charge is 0.308 e. The number of carbonyl (C=O) groups excluding carboxylic acids is 1. The molecule has 7 heteroatoms. The zero-order chi connectivity index (χ0) is 18.4. The van der Waals surface area contributed by atoms with Gasteiger partial charge in [0.05, 0.1) is 25.0 Å². The van der Waals surface area contributed by atoms with E-state index in [1.165, 1.54) is 7.11 Å². The lowest BCUT2D eigenvalue weighted by Gasteiger charge is -2.33. The summed E-state index contributed by atoms with van der Waals surface area (Å²) in [5.41, 5.74) is 2.26. The molecule has 0 radical (unpaired) electrons. The highest BCUT2D eigenvalue weighted by atomic mass is 16.5. The first-order chi connectivity index (χ1) is 12.7. The Labute approximate surface area is 153 Å². The van der Waals surface area contributed by atoms with Crippen LogP contribution in [-0.4, -0.2) is 53.6 Å². The van der Waals surface area contributed by atoms with Crippen LogP contribution in [0.3, 0.4) is 0 Å². The van der Waals surface area contributed by atoms with E-state index in [9.17, 15) is 4.79 Å². The van der Waals surface area contributed by atoms with E-state index in [2.05, 4.69) is 32.3 Å². The molecule has 1 aromatic carbocycles. The van der Waals surface area contributed by atoms with E-state index in [4.69, 9.17) is 4.74 Å². The molecular formula is C19H25N5O2. The van der Waals surface area contributed by atoms with Gasteiger partial charge in [-0.3, -0.25) is 9.79 Å². The number of rotatable bonds is 4. The molecule has 1 aliphatic rings. The summed E-state index contributed by atoms with van der Waals surface area (Å²) in [6, 6.07) is 8.22. The number of aromatic nitrogens is 2. The van der Waals surface area contributed by atoms with Gasteiger partial charge in [-0.15, -0.1) is 0 Å². The van der Waals surface area contributed by atoms with Crippen molar-refractivity contribution in [2.75, 3.05) is 27.2 Å². The fraction of sp³-hybridized carbons (Fsp3) is 0.421. The molecule has 2 aromatic rings. The third kappa shape index (κ3) is 4.04. The maximum atomic E-state index is 11.7. The van der Waals surface area contributed by atoms with Crippen LogP contribution in [0.5, 0.6) is 0 Å². The van der Waals surface area contributed by atoms with Gasteiger partial charge in [-0.05, 0) is 24.5 Å². The van der Waals surface area contributed by atoms with Gasteiger partial charge in [-0.2, -0.15) is 0 Å². The van der Waals surface area contributed by atoms with Crippen LogP contribution in [0.4, 0.5) is 0 Å². The van der Waals surface area contributed by atoms with Crippen molar-refractivity contribution in [2.24, 2.45) is 10.9 Å². The molecule has 0 unspecified atom stereocenters. The summed E-state index contributed by atoms with van der Waals surface area (Å²) in [5, 5.41) is 3.44. The summed E-state index contributed by atoms with van der Waals surface area (Å²) < 4.78 is 6.86. The number of esters is 1. The second-order valence-electron chi connectivity index (χ2n) is 6.28. The van der Waals surface area contributed by atoms with E-state index in [0.29, 0.717) is 6.54 Å². The van der Waals surface area contributed by atoms with Crippen molar-refractivity contribution >= 4 is 11.9 Å². The lowest BCUT2D eigenvalue weighted by Crippen LogP contribution is -2.46. The molecule has 26 heavy (non-hydrogen) atoms. The molecule has 0 spiro atoms. The van der Waals surface area contributed by atoms with E-state index < -0.39 is 0 Å². The number of aliphatic imine (C=N–C) groups is 1. The number of guanidine groups is 1. The Hall–Kier alpha value is -2.83. The second kappa shape index (κ2) is 8.51. The maximum Gasteiger partial charge on any atom is 0.308 e. The van der Waals surface area contributed by atoms with Crippen LogP contribution in [0, 0.1) is 5.92 Å². The molecule has 0 amide bonds. The van der Waals surface area contributed by atoms with Crippen LogP contribution in [0.1, 0.15) is 18.4 Å². The number of ether oxygens (including phenoxy) is 1. The molecule has 1 aliphatic heterocycles. The third-order valence-electron chi connectivity index (χ3n) is 4.75. The van der Waals surface area contributed by atoms with E-state index >= 15 is 0 Å². The number of para-hydroxylation sites is 1. The van der Waals surface area contributed by atoms with Gasteiger partial charge in [-0.1, -0.05) is 18.2 Å². The van der Waals surface area contributed by atoms with Gasteiger partial charge in [0.25, 0.3) is 0 Å². The van der Waals surface area contributed by atoms with Crippen LogP contribution in [-0.2, 0) is 16.1 Å². The highest BCUT2D eigenvalue weighted by Gasteiger charge is 2.26. The number of likely N-dealkylation sites (tertiary alicyclic amines) is 1. The van der Waals surface area contributed by atoms with Gasteiger partial charge in [0.15, 0.2) is 5.96 Å². The van der Waals surface area contributed by atoms with Crippen molar-refractivity contribution in [2.45, 2.75) is 19.4 Å². The topological polar surface area (TPSA) is 71.8 Å². The Kier molecular flexibility index (Phi) is 5.88. The summed E-state index contributed by atoms with van der Waals surface area (Å²) in [6.07, 6.45) is 7.09. The summed E-state index contributed by atoms with van der Waals surface area (Å²) in [7, 11) is 3.24. The number of hydrogen-bond acceptors (Lipinski definition) is 4. The molecule has 138 valence electrons. The number of carbonyl (C=O) groups is 1. The number of methoxy groups -OCH3 is 1. The van der Waals surface area contributed by atoms with Crippen molar-refractivity contribution in [1.29, 1.82) is 0 Å². The van der Waals surface area contributed by atoms with Gasteiger partial charge in [-0.25, -0.2) is 4.98 Å². The number of nitrogens with zero attached hydrogens (tertiary/aromatic N) is 4. The second-order valence-corrected chi connectivity index (χ2v) is 6.28. The fourth-order valence-electron chi connectivity index (χ4n) is 3.31. The Morgan fingerprint density at radius 3 is 2.77 bits per heavy atom. The predicted octanol–water partition coefficient (Wildman–Crippen LogP) is 1.83. The van der Waals surface area contributed by atoms with Crippen LogP contribution >= 0.6 is 0 Å². The van der Waals surface area contributed by atoms with Gasteiger partial charge < -0.3 is 19.5 Å². The molecule has 2 heterocycles. The number of benzene rings is 1. The monoisotopic (exact) mass is 355 g/mol. The predicted molar refractivity (Wildman–Crippen MR) is 100 cm³/mol. The largest absolute Gasteiger partial charge is 0.469 e. The minimum Gasteiger partial charge on any atom is -0.469 e. The Bertz CT molecular complexity index is 749. The fourth-order valence-corrected chi connectivity index (χ4v) is 3.31. The van der Waals surface area contributed by atoms with Crippen molar-refractivity contribution in [3.05, 3.63) is 48.5 Å². The standard InChI is InChI=1S/C19H25N5O2/c1-20-19(23-10-7-15(8-11-23)18(25)26-2)22-13-16-5-3-4-6-17(16)24-12-9-21-14-24/h3-6,9,12,14-15H,7-8,10-11,13H2,1-2H3,(H,20,22). The Balaban J connectivity index is 1.62. The quantitative estimate of drug-likeness (QED) is 0.515. The van der Waals surface area contributed by atoms with Crippen LogP contribution in [0.25, 0.3) is 5.69 Å². The Morgan fingerprint density at radius 2 is 2.12 bits per heavy atom. The average molecular weight is 355 g/mol. The lowest BCUT2D eigenvalue weighted by atomic mass is 9.97. The van der Waals surface area contributed by atoms with E-state index in [0.717, 1.165) is 43.1 Å². The van der Waals surface area contributed by atoms with Crippen molar-refractivity contribution in [3.8, 4) is 5.69 Å². The van der Waals surface area contributed by atoms with Crippen LogP contribution in [0.15, 0.2) is 48.0 Å². The summed E-state index contributed by atoms with van der Waals surface area (Å²) in [4.78, 5) is 22.4. The summed E-state index contributed by atoms with van der Waals surface area (Å²) in [6.45, 7) is 2.25. The lowest BCUT2D eigenvalue weighted by molar-refractivity contribution is -0.146. The molecular weight excluding hydrogens is 330 g/mol. The molecule has 0 atom stereocenters. The highest BCUT2D eigenvalue weighted by Crippen LogP contribution is 2.19. The zero-order valence-electron chi connectivity index (χ0n) is 15.3. The summed E-state index contributed by atoms with van der Waals surface area (Å²) in [5.74, 6) is 0.743. The first-order valence-electron chi connectivity index (χ1n) is 8.82. The van der Waals surface area contributed by atoms with Gasteiger partial charge in [0.2, 0.25) is 0 Å². The molecule has 1 aromatic heterocycles. The van der Waals surface area contributed by atoms with Crippen LogP contribution in [0.2, 0.25) is 0 Å². The molecule has 1 saturated heterocycles. The number of hydrogen-bond donors (Lipinski definition) is 1. The number of imidazole rings is 1. The normalized spacial score (nSPS) is 15.8. The van der Waals surface area contributed by atoms with Crippen LogP contribution < -0.4 is 5.32 Å². The van der Waals surface area contributed by atoms with Gasteiger partial charge in [0.1, 0.15) is 0 Å². The van der Waals surface area contributed by atoms with Crippen molar-refractivity contribution in [3.63, 3.8) is 0 Å². The Morgan fingerprint density at radius 1 is 1.35 bits per heavy atom. The molecule has 0 bridgehead atoms. The molecule has 1 fully saturated rings. The molecule has 1 N–H and O–H groups in total. The third-order valence-corrected chi connectivity index (χ3v) is 4.75. The zero-order valence-corrected chi connectivity index (χ0v) is 15.3. The van der Waals surface area contributed by atoms with E-state index in [1.807, 2.05) is 22.9 Å². The van der Waals surface area contributed by atoms with Crippen molar-refractivity contribution in [1.82, 2.24) is 19.8 Å². The SMILES string of the molecule is CN=C(NCc1ccccc1-n1ccnc1)N1CCC(C(=O)OC)CC1. The number of piperidine rings is 1.